The van der Waals surface area contributed by atoms with Gasteiger partial charge < -0.3 is 4.57 Å². The molecule has 2 aromatic rings. The zero-order chi connectivity index (χ0) is 12.8. The van der Waals surface area contributed by atoms with Gasteiger partial charge in [-0.15, -0.1) is 0 Å². The van der Waals surface area contributed by atoms with Gasteiger partial charge in [-0.1, -0.05) is 27.2 Å². The van der Waals surface area contributed by atoms with Crippen molar-refractivity contribution in [3.8, 4) is 0 Å². The van der Waals surface area contributed by atoms with Gasteiger partial charge in [-0.25, -0.2) is 4.39 Å². The highest BCUT2D eigenvalue weighted by atomic mass is 19.1. The van der Waals surface area contributed by atoms with E-state index in [1.165, 1.54) is 18.1 Å². The van der Waals surface area contributed by atoms with Crippen LogP contribution in [0.1, 0.15) is 39.2 Å². The fraction of sp³-hybridized carbons (Fsp3) is 0.467. The van der Waals surface area contributed by atoms with Crippen LogP contribution in [0.3, 0.4) is 0 Å². The van der Waals surface area contributed by atoms with Crippen LogP contribution < -0.4 is 0 Å². The molecule has 1 aromatic carbocycles. The van der Waals surface area contributed by atoms with Crippen molar-refractivity contribution >= 4 is 10.9 Å². The number of aryl methyl sites for hydroxylation is 2. The van der Waals surface area contributed by atoms with Gasteiger partial charge in [0.15, 0.2) is 0 Å². The minimum Gasteiger partial charge on any atom is -0.350 e. The maximum absolute atomic E-state index is 13.1. The SMILES string of the molecule is CC.CCCCc1cn(C)c2ccc(F)cc12. The molecule has 0 spiro atoms. The number of nitrogens with zero attached hydrogens (tertiary/aromatic N) is 1. The number of halogens is 1. The van der Waals surface area contributed by atoms with Crippen molar-refractivity contribution in [1.29, 1.82) is 0 Å². The van der Waals surface area contributed by atoms with E-state index in [0.29, 0.717) is 0 Å². The minimum absolute atomic E-state index is 0.147. The van der Waals surface area contributed by atoms with Gasteiger partial charge in [0.05, 0.1) is 0 Å². The largest absolute Gasteiger partial charge is 0.350 e. The van der Waals surface area contributed by atoms with E-state index in [0.717, 1.165) is 23.7 Å². The molecule has 17 heavy (non-hydrogen) atoms. The van der Waals surface area contributed by atoms with Crippen LogP contribution in [0.5, 0.6) is 0 Å². The van der Waals surface area contributed by atoms with Crippen molar-refractivity contribution in [3.05, 3.63) is 35.8 Å². The predicted octanol–water partition coefficient (Wildman–Crippen LogP) is 4.69. The van der Waals surface area contributed by atoms with E-state index < -0.39 is 0 Å². The van der Waals surface area contributed by atoms with Crippen LogP contribution in [0.25, 0.3) is 10.9 Å². The summed E-state index contributed by atoms with van der Waals surface area (Å²) in [7, 11) is 2.01. The summed E-state index contributed by atoms with van der Waals surface area (Å²) in [4.78, 5) is 0. The van der Waals surface area contributed by atoms with Gasteiger partial charge in [0, 0.05) is 24.1 Å². The van der Waals surface area contributed by atoms with Crippen molar-refractivity contribution in [2.24, 2.45) is 7.05 Å². The second-order valence-electron chi connectivity index (χ2n) is 4.03. The Balaban J connectivity index is 0.000000686. The second kappa shape index (κ2) is 6.43. The quantitative estimate of drug-likeness (QED) is 0.727. The summed E-state index contributed by atoms with van der Waals surface area (Å²) in [5.41, 5.74) is 2.37. The van der Waals surface area contributed by atoms with E-state index in [1.807, 2.05) is 27.0 Å². The molecule has 0 amide bonds. The van der Waals surface area contributed by atoms with Crippen molar-refractivity contribution < 1.29 is 4.39 Å². The van der Waals surface area contributed by atoms with Gasteiger partial charge >= 0.3 is 0 Å². The van der Waals surface area contributed by atoms with Gasteiger partial charge in [0.25, 0.3) is 0 Å². The van der Waals surface area contributed by atoms with E-state index in [1.54, 1.807) is 6.07 Å². The summed E-state index contributed by atoms with van der Waals surface area (Å²) in [6.45, 7) is 6.17. The lowest BCUT2D eigenvalue weighted by atomic mass is 10.1. The van der Waals surface area contributed by atoms with Crippen LogP contribution in [0.2, 0.25) is 0 Å². The molecule has 0 unspecified atom stereocenters. The normalized spacial score (nSPS) is 10.2. The molecule has 0 N–H and O–H groups in total. The summed E-state index contributed by atoms with van der Waals surface area (Å²) in [6.07, 6.45) is 5.48. The summed E-state index contributed by atoms with van der Waals surface area (Å²) < 4.78 is 15.2. The van der Waals surface area contributed by atoms with Crippen LogP contribution in [0.15, 0.2) is 24.4 Å². The highest BCUT2D eigenvalue weighted by molar-refractivity contribution is 5.84. The lowest BCUT2D eigenvalue weighted by molar-refractivity contribution is 0.629. The molecule has 0 aliphatic heterocycles. The molecule has 0 atom stereocenters. The first-order valence-corrected chi connectivity index (χ1v) is 6.46. The van der Waals surface area contributed by atoms with Crippen LogP contribution in [0, 0.1) is 5.82 Å². The first kappa shape index (κ1) is 13.8. The third-order valence-corrected chi connectivity index (χ3v) is 2.83. The Morgan fingerprint density at radius 3 is 2.59 bits per heavy atom. The maximum atomic E-state index is 13.1. The molecular weight excluding hydrogens is 213 g/mol. The first-order chi connectivity index (χ1) is 8.22. The smallest absolute Gasteiger partial charge is 0.123 e. The van der Waals surface area contributed by atoms with Gasteiger partial charge in [0.1, 0.15) is 5.82 Å². The van der Waals surface area contributed by atoms with Crippen molar-refractivity contribution in [2.75, 3.05) is 0 Å². The molecule has 0 radical (unpaired) electrons. The molecule has 1 nitrogen and oxygen atoms in total. The Morgan fingerprint density at radius 2 is 1.94 bits per heavy atom. The van der Waals surface area contributed by atoms with Crippen LogP contribution in [0.4, 0.5) is 4.39 Å². The molecule has 2 heteroatoms. The third-order valence-electron chi connectivity index (χ3n) is 2.83. The Kier molecular flexibility index (Phi) is 5.20. The molecule has 1 heterocycles. The number of hydrogen-bond acceptors (Lipinski definition) is 0. The van der Waals surface area contributed by atoms with Gasteiger partial charge in [-0.3, -0.25) is 0 Å². The highest BCUT2D eigenvalue weighted by Gasteiger charge is 2.06. The summed E-state index contributed by atoms with van der Waals surface area (Å²) in [5, 5.41) is 1.06. The number of benzene rings is 1. The molecule has 0 saturated carbocycles. The Hall–Kier alpha value is -1.31. The topological polar surface area (TPSA) is 4.93 Å². The lowest BCUT2D eigenvalue weighted by Crippen LogP contribution is -1.83. The predicted molar refractivity (Wildman–Crippen MR) is 72.8 cm³/mol. The Bertz CT molecular complexity index is 471. The maximum Gasteiger partial charge on any atom is 0.123 e. The van der Waals surface area contributed by atoms with Gasteiger partial charge in [-0.05, 0) is 36.6 Å². The molecule has 0 aliphatic carbocycles. The van der Waals surface area contributed by atoms with E-state index in [9.17, 15) is 4.39 Å². The molecule has 0 bridgehead atoms. The molecular formula is C15H22FN. The van der Waals surface area contributed by atoms with Crippen LogP contribution in [-0.4, -0.2) is 4.57 Å². The van der Waals surface area contributed by atoms with Gasteiger partial charge in [0.2, 0.25) is 0 Å². The number of fused-ring (bicyclic) bond motifs is 1. The summed E-state index contributed by atoms with van der Waals surface area (Å²) >= 11 is 0. The lowest BCUT2D eigenvalue weighted by Gasteiger charge is -1.97. The summed E-state index contributed by atoms with van der Waals surface area (Å²) in [5.74, 6) is -0.147. The Morgan fingerprint density at radius 1 is 1.24 bits per heavy atom. The van der Waals surface area contributed by atoms with Crippen molar-refractivity contribution in [1.82, 2.24) is 4.57 Å². The van der Waals surface area contributed by atoms with E-state index in [-0.39, 0.29) is 5.82 Å². The average Bonchev–Trinajstić information content (AvgIpc) is 2.66. The third kappa shape index (κ3) is 3.09. The van der Waals surface area contributed by atoms with E-state index in [2.05, 4.69) is 17.7 Å². The monoisotopic (exact) mass is 235 g/mol. The molecule has 0 aliphatic rings. The average molecular weight is 235 g/mol. The Labute approximate surface area is 103 Å². The number of unbranched alkanes of at least 4 members (excludes halogenated alkanes) is 1. The fourth-order valence-corrected chi connectivity index (χ4v) is 2.01. The molecule has 2 rings (SSSR count). The van der Waals surface area contributed by atoms with E-state index >= 15 is 0 Å². The molecule has 94 valence electrons. The number of rotatable bonds is 3. The van der Waals surface area contributed by atoms with Crippen molar-refractivity contribution in [3.63, 3.8) is 0 Å². The molecule has 1 aromatic heterocycles. The summed E-state index contributed by atoms with van der Waals surface area (Å²) in [6, 6.07) is 5.01. The number of aromatic nitrogens is 1. The zero-order valence-corrected chi connectivity index (χ0v) is 11.3. The highest BCUT2D eigenvalue weighted by Crippen LogP contribution is 2.23. The van der Waals surface area contributed by atoms with Crippen LogP contribution in [-0.2, 0) is 13.5 Å². The number of hydrogen-bond donors (Lipinski definition) is 0. The van der Waals surface area contributed by atoms with Gasteiger partial charge in [-0.2, -0.15) is 0 Å². The fourth-order valence-electron chi connectivity index (χ4n) is 2.01. The molecule has 0 saturated heterocycles. The van der Waals surface area contributed by atoms with Crippen molar-refractivity contribution in [2.45, 2.75) is 40.0 Å². The van der Waals surface area contributed by atoms with Crippen LogP contribution >= 0.6 is 0 Å². The second-order valence-corrected chi connectivity index (χ2v) is 4.03. The minimum atomic E-state index is -0.147. The van der Waals surface area contributed by atoms with E-state index in [4.69, 9.17) is 0 Å². The zero-order valence-electron chi connectivity index (χ0n) is 11.3. The molecule has 0 fully saturated rings. The standard InChI is InChI=1S/C13H16FN.C2H6/c1-3-4-5-10-9-15(2)13-7-6-11(14)8-12(10)13;1-2/h6-9H,3-5H2,1-2H3;1-2H3. The first-order valence-electron chi connectivity index (χ1n) is 6.46.